The lowest BCUT2D eigenvalue weighted by Gasteiger charge is -2.05. The number of aliphatic hydroxyl groups is 1. The van der Waals surface area contributed by atoms with Crippen LogP contribution in [0.3, 0.4) is 0 Å². The van der Waals surface area contributed by atoms with Gasteiger partial charge >= 0.3 is 0 Å². The van der Waals surface area contributed by atoms with Gasteiger partial charge in [0.1, 0.15) is 0 Å². The molecule has 3 nitrogen and oxygen atoms in total. The first-order valence-electron chi connectivity index (χ1n) is 6.71. The van der Waals surface area contributed by atoms with Gasteiger partial charge < -0.3 is 10.4 Å². The molecule has 100 valence electrons. The summed E-state index contributed by atoms with van der Waals surface area (Å²) >= 11 is 0. The molecule has 0 atom stereocenters. The van der Waals surface area contributed by atoms with E-state index in [-0.39, 0.29) is 12.5 Å². The maximum absolute atomic E-state index is 11.5. The van der Waals surface area contributed by atoms with Crippen molar-refractivity contribution >= 4 is 5.91 Å². The van der Waals surface area contributed by atoms with E-state index in [0.29, 0.717) is 13.0 Å². The Bertz CT molecular complexity index is 346. The standard InChI is InChI=1S/C15H23NO2/c1-2-3-4-5-15(18)16-11-10-13-6-8-14(12-17)9-7-13/h6-9,17H,2-5,10-12H2,1H3,(H,16,18). The molecular weight excluding hydrogens is 226 g/mol. The molecule has 0 aliphatic rings. The molecular formula is C15H23NO2. The highest BCUT2D eigenvalue weighted by Crippen LogP contribution is 2.04. The second kappa shape index (κ2) is 8.70. The lowest BCUT2D eigenvalue weighted by molar-refractivity contribution is -0.121. The number of amides is 1. The van der Waals surface area contributed by atoms with Gasteiger partial charge in [-0.25, -0.2) is 0 Å². The highest BCUT2D eigenvalue weighted by Gasteiger charge is 2.00. The Morgan fingerprint density at radius 3 is 2.44 bits per heavy atom. The Morgan fingerprint density at radius 1 is 1.17 bits per heavy atom. The largest absolute Gasteiger partial charge is 0.392 e. The summed E-state index contributed by atoms with van der Waals surface area (Å²) in [6.45, 7) is 2.89. The predicted octanol–water partition coefficient (Wildman–Crippen LogP) is 2.42. The van der Waals surface area contributed by atoms with Crippen LogP contribution < -0.4 is 5.32 Å². The van der Waals surface area contributed by atoms with Crippen molar-refractivity contribution in [2.75, 3.05) is 6.54 Å². The summed E-state index contributed by atoms with van der Waals surface area (Å²) < 4.78 is 0. The summed E-state index contributed by atoms with van der Waals surface area (Å²) in [6.07, 6.45) is 4.72. The molecule has 0 aliphatic heterocycles. The number of carbonyl (C=O) groups excluding carboxylic acids is 1. The molecule has 0 saturated heterocycles. The number of hydrogen-bond acceptors (Lipinski definition) is 2. The fourth-order valence-corrected chi connectivity index (χ4v) is 1.78. The van der Waals surface area contributed by atoms with E-state index in [9.17, 15) is 4.79 Å². The Labute approximate surface area is 109 Å². The highest BCUT2D eigenvalue weighted by atomic mass is 16.3. The van der Waals surface area contributed by atoms with E-state index in [1.165, 1.54) is 5.56 Å². The minimum absolute atomic E-state index is 0.0778. The van der Waals surface area contributed by atoms with Crippen LogP contribution in [-0.2, 0) is 17.8 Å². The molecule has 18 heavy (non-hydrogen) atoms. The van der Waals surface area contributed by atoms with Crippen LogP contribution in [-0.4, -0.2) is 17.6 Å². The van der Waals surface area contributed by atoms with Gasteiger partial charge in [0.15, 0.2) is 0 Å². The molecule has 0 spiro atoms. The minimum atomic E-state index is 0.0778. The van der Waals surface area contributed by atoms with Crippen LogP contribution in [0.2, 0.25) is 0 Å². The quantitative estimate of drug-likeness (QED) is 0.695. The SMILES string of the molecule is CCCCCC(=O)NCCc1ccc(CO)cc1. The molecule has 1 rings (SSSR count). The zero-order valence-corrected chi connectivity index (χ0v) is 11.1. The Hall–Kier alpha value is -1.35. The van der Waals surface area contributed by atoms with Crippen LogP contribution >= 0.6 is 0 Å². The molecule has 0 unspecified atom stereocenters. The zero-order valence-electron chi connectivity index (χ0n) is 11.1. The van der Waals surface area contributed by atoms with Crippen LogP contribution in [0.5, 0.6) is 0 Å². The molecule has 0 aromatic heterocycles. The Balaban J connectivity index is 2.18. The fraction of sp³-hybridized carbons (Fsp3) is 0.533. The predicted molar refractivity (Wildman–Crippen MR) is 73.2 cm³/mol. The van der Waals surface area contributed by atoms with Gasteiger partial charge in [-0.15, -0.1) is 0 Å². The van der Waals surface area contributed by atoms with E-state index < -0.39 is 0 Å². The average Bonchev–Trinajstić information content (AvgIpc) is 2.40. The first-order valence-corrected chi connectivity index (χ1v) is 6.71. The molecule has 1 aromatic rings. The summed E-state index contributed by atoms with van der Waals surface area (Å²) in [7, 11) is 0. The average molecular weight is 249 g/mol. The van der Waals surface area contributed by atoms with Crippen molar-refractivity contribution < 1.29 is 9.90 Å². The third-order valence-corrected chi connectivity index (χ3v) is 2.95. The molecule has 0 radical (unpaired) electrons. The summed E-state index contributed by atoms with van der Waals surface area (Å²) in [4.78, 5) is 11.5. The van der Waals surface area contributed by atoms with E-state index in [1.807, 2.05) is 24.3 Å². The number of benzene rings is 1. The van der Waals surface area contributed by atoms with Gasteiger partial charge in [-0.05, 0) is 24.0 Å². The highest BCUT2D eigenvalue weighted by molar-refractivity contribution is 5.75. The molecule has 0 fully saturated rings. The monoisotopic (exact) mass is 249 g/mol. The molecule has 3 heteroatoms. The normalized spacial score (nSPS) is 10.3. The van der Waals surface area contributed by atoms with Crippen molar-refractivity contribution in [2.45, 2.75) is 45.6 Å². The Kier molecular flexibility index (Phi) is 7.11. The van der Waals surface area contributed by atoms with E-state index in [1.54, 1.807) is 0 Å². The molecule has 0 aliphatic carbocycles. The number of carbonyl (C=O) groups is 1. The Morgan fingerprint density at radius 2 is 1.83 bits per heavy atom. The van der Waals surface area contributed by atoms with Crippen molar-refractivity contribution in [3.05, 3.63) is 35.4 Å². The van der Waals surface area contributed by atoms with Crippen molar-refractivity contribution in [3.8, 4) is 0 Å². The van der Waals surface area contributed by atoms with Gasteiger partial charge in [0, 0.05) is 13.0 Å². The van der Waals surface area contributed by atoms with Crippen molar-refractivity contribution in [2.24, 2.45) is 0 Å². The van der Waals surface area contributed by atoms with Crippen molar-refractivity contribution in [3.63, 3.8) is 0 Å². The van der Waals surface area contributed by atoms with E-state index in [4.69, 9.17) is 5.11 Å². The van der Waals surface area contributed by atoms with E-state index >= 15 is 0 Å². The van der Waals surface area contributed by atoms with Gasteiger partial charge in [-0.3, -0.25) is 4.79 Å². The molecule has 0 bridgehead atoms. The number of aliphatic hydroxyl groups excluding tert-OH is 1. The van der Waals surface area contributed by atoms with Crippen LogP contribution in [0.25, 0.3) is 0 Å². The van der Waals surface area contributed by atoms with E-state index in [0.717, 1.165) is 31.2 Å². The molecule has 0 saturated carbocycles. The van der Waals surface area contributed by atoms with E-state index in [2.05, 4.69) is 12.2 Å². The summed E-state index contributed by atoms with van der Waals surface area (Å²) in [5, 5.41) is 11.9. The lowest BCUT2D eigenvalue weighted by atomic mass is 10.1. The first kappa shape index (κ1) is 14.7. The third kappa shape index (κ3) is 5.82. The number of rotatable bonds is 8. The fourth-order valence-electron chi connectivity index (χ4n) is 1.78. The van der Waals surface area contributed by atoms with Crippen LogP contribution in [0.15, 0.2) is 24.3 Å². The smallest absolute Gasteiger partial charge is 0.220 e. The third-order valence-electron chi connectivity index (χ3n) is 2.95. The van der Waals surface area contributed by atoms with Gasteiger partial charge in [0.05, 0.1) is 6.61 Å². The summed E-state index contributed by atoms with van der Waals surface area (Å²) in [5.74, 6) is 0.149. The second-order valence-electron chi connectivity index (χ2n) is 4.53. The summed E-state index contributed by atoms with van der Waals surface area (Å²) in [5.41, 5.74) is 2.10. The topological polar surface area (TPSA) is 49.3 Å². The van der Waals surface area contributed by atoms with Gasteiger partial charge in [0.25, 0.3) is 0 Å². The van der Waals surface area contributed by atoms with Crippen LogP contribution in [0.1, 0.15) is 43.7 Å². The second-order valence-corrected chi connectivity index (χ2v) is 4.53. The van der Waals surface area contributed by atoms with Crippen LogP contribution in [0, 0.1) is 0 Å². The van der Waals surface area contributed by atoms with Gasteiger partial charge in [-0.2, -0.15) is 0 Å². The van der Waals surface area contributed by atoms with Crippen LogP contribution in [0.4, 0.5) is 0 Å². The zero-order chi connectivity index (χ0) is 13.2. The molecule has 2 N–H and O–H groups in total. The number of unbranched alkanes of at least 4 members (excludes halogenated alkanes) is 2. The lowest BCUT2D eigenvalue weighted by Crippen LogP contribution is -2.25. The summed E-state index contributed by atoms with van der Waals surface area (Å²) in [6, 6.07) is 7.82. The van der Waals surface area contributed by atoms with Gasteiger partial charge in [0.2, 0.25) is 5.91 Å². The molecule has 1 aromatic carbocycles. The molecule has 0 heterocycles. The minimum Gasteiger partial charge on any atom is -0.392 e. The molecule has 1 amide bonds. The number of hydrogen-bond donors (Lipinski definition) is 2. The van der Waals surface area contributed by atoms with Crippen molar-refractivity contribution in [1.82, 2.24) is 5.32 Å². The maximum atomic E-state index is 11.5. The first-order chi connectivity index (χ1) is 8.76. The number of nitrogens with one attached hydrogen (secondary N) is 1. The maximum Gasteiger partial charge on any atom is 0.220 e. The van der Waals surface area contributed by atoms with Crippen molar-refractivity contribution in [1.29, 1.82) is 0 Å². The van der Waals surface area contributed by atoms with Gasteiger partial charge in [-0.1, -0.05) is 44.0 Å².